The number of aryl methyl sites for hydroxylation is 2. The molecule has 2 N–H and O–H groups in total. The van der Waals surface area contributed by atoms with Gasteiger partial charge in [-0.2, -0.15) is 0 Å². The lowest BCUT2D eigenvalue weighted by Crippen LogP contribution is -2.28. The van der Waals surface area contributed by atoms with Crippen molar-refractivity contribution in [2.45, 2.75) is 44.4 Å². The van der Waals surface area contributed by atoms with Crippen molar-refractivity contribution in [3.8, 4) is 0 Å². The SMILES string of the molecule is CC(=O)NS(=O)(=O)c1ccc(NS(=O)(=O)c2c(C)c(C)cc(C)c2C)cc1. The summed E-state index contributed by atoms with van der Waals surface area (Å²) >= 11 is 0. The number of hydrogen-bond acceptors (Lipinski definition) is 5. The van der Waals surface area contributed by atoms with Gasteiger partial charge in [0.25, 0.3) is 20.0 Å². The molecule has 0 aliphatic rings. The molecule has 146 valence electrons. The van der Waals surface area contributed by atoms with E-state index in [0.29, 0.717) is 11.1 Å². The Bertz CT molecular complexity index is 1080. The fraction of sp³-hybridized carbons (Fsp3) is 0.278. The molecule has 0 atom stereocenters. The van der Waals surface area contributed by atoms with Crippen LogP contribution in [0.4, 0.5) is 5.69 Å². The third-order valence-corrected chi connectivity index (χ3v) is 7.36. The zero-order valence-corrected chi connectivity index (χ0v) is 17.4. The first kappa shape index (κ1) is 20.9. The van der Waals surface area contributed by atoms with Gasteiger partial charge in [-0.3, -0.25) is 9.52 Å². The van der Waals surface area contributed by atoms with Crippen LogP contribution in [0.2, 0.25) is 0 Å². The minimum Gasteiger partial charge on any atom is -0.280 e. The summed E-state index contributed by atoms with van der Waals surface area (Å²) in [4.78, 5) is 11.1. The highest BCUT2D eigenvalue weighted by Crippen LogP contribution is 2.28. The van der Waals surface area contributed by atoms with Gasteiger partial charge < -0.3 is 0 Å². The normalized spacial score (nSPS) is 11.9. The Balaban J connectivity index is 2.39. The number of hydrogen-bond donors (Lipinski definition) is 2. The number of carbonyl (C=O) groups is 1. The summed E-state index contributed by atoms with van der Waals surface area (Å²) in [6, 6.07) is 7.05. The van der Waals surface area contributed by atoms with Crippen molar-refractivity contribution < 1.29 is 21.6 Å². The van der Waals surface area contributed by atoms with Crippen molar-refractivity contribution in [3.63, 3.8) is 0 Å². The third-order valence-electron chi connectivity index (χ3n) is 4.26. The first-order valence-electron chi connectivity index (χ1n) is 8.09. The smallest absolute Gasteiger partial charge is 0.264 e. The molecule has 1 amide bonds. The zero-order valence-electron chi connectivity index (χ0n) is 15.7. The summed E-state index contributed by atoms with van der Waals surface area (Å²) in [7, 11) is -7.83. The molecule has 7 nitrogen and oxygen atoms in total. The standard InChI is InChI=1S/C18H22N2O5S2/c1-11-10-12(2)14(4)18(13(11)3)27(24,25)20-16-6-8-17(9-7-16)26(22,23)19-15(5)21/h6-10,20H,1-5H3,(H,19,21). The van der Waals surface area contributed by atoms with Crippen LogP contribution in [0.1, 0.15) is 29.2 Å². The topological polar surface area (TPSA) is 109 Å². The maximum Gasteiger partial charge on any atom is 0.264 e. The third kappa shape index (κ3) is 4.48. The van der Waals surface area contributed by atoms with Crippen LogP contribution < -0.4 is 9.44 Å². The lowest BCUT2D eigenvalue weighted by Gasteiger charge is -2.17. The predicted molar refractivity (Wildman–Crippen MR) is 104 cm³/mol. The van der Waals surface area contributed by atoms with Crippen LogP contribution in [-0.2, 0) is 24.8 Å². The molecule has 9 heteroatoms. The Labute approximate surface area is 159 Å². The molecule has 2 aromatic rings. The summed E-state index contributed by atoms with van der Waals surface area (Å²) in [5.74, 6) is -0.708. The van der Waals surface area contributed by atoms with E-state index in [1.165, 1.54) is 24.3 Å². The highest BCUT2D eigenvalue weighted by Gasteiger charge is 2.22. The van der Waals surface area contributed by atoms with E-state index in [1.54, 1.807) is 13.8 Å². The molecule has 2 rings (SSSR count). The quantitative estimate of drug-likeness (QED) is 0.787. The average Bonchev–Trinajstić information content (AvgIpc) is 2.52. The monoisotopic (exact) mass is 410 g/mol. The minimum absolute atomic E-state index is 0.139. The van der Waals surface area contributed by atoms with Gasteiger partial charge >= 0.3 is 0 Å². The van der Waals surface area contributed by atoms with Crippen LogP contribution in [-0.4, -0.2) is 22.7 Å². The highest BCUT2D eigenvalue weighted by molar-refractivity contribution is 7.92. The van der Waals surface area contributed by atoms with Gasteiger partial charge in [-0.1, -0.05) is 6.07 Å². The van der Waals surface area contributed by atoms with E-state index in [1.807, 2.05) is 24.6 Å². The Morgan fingerprint density at radius 3 is 1.74 bits per heavy atom. The predicted octanol–water partition coefficient (Wildman–Crippen LogP) is 2.55. The first-order valence-corrected chi connectivity index (χ1v) is 11.1. The van der Waals surface area contributed by atoms with Crippen LogP contribution in [0.25, 0.3) is 0 Å². The molecule has 2 aromatic carbocycles. The van der Waals surface area contributed by atoms with Crippen LogP contribution in [0.15, 0.2) is 40.1 Å². The molecule has 0 radical (unpaired) electrons. The van der Waals surface area contributed by atoms with Gasteiger partial charge in [0.15, 0.2) is 0 Å². The van der Waals surface area contributed by atoms with Crippen molar-refractivity contribution in [2.24, 2.45) is 0 Å². The maximum absolute atomic E-state index is 12.9. The Kier molecular flexibility index (Phi) is 5.67. The van der Waals surface area contributed by atoms with Crippen molar-refractivity contribution in [2.75, 3.05) is 4.72 Å². The van der Waals surface area contributed by atoms with Gasteiger partial charge in [0.2, 0.25) is 5.91 Å². The summed E-state index contributed by atoms with van der Waals surface area (Å²) in [5, 5.41) is 0. The lowest BCUT2D eigenvalue weighted by atomic mass is 10.0. The number of rotatable bonds is 5. The van der Waals surface area contributed by atoms with Gasteiger partial charge in [-0.15, -0.1) is 0 Å². The summed E-state index contributed by atoms with van der Waals surface area (Å²) in [6.07, 6.45) is 0. The first-order chi connectivity index (χ1) is 12.3. The molecular formula is C18H22N2O5S2. The molecule has 0 aliphatic heterocycles. The molecule has 0 bridgehead atoms. The number of anilines is 1. The molecule has 0 aromatic heterocycles. The molecule has 0 saturated heterocycles. The van der Waals surface area contributed by atoms with Crippen LogP contribution in [0.5, 0.6) is 0 Å². The summed E-state index contributed by atoms with van der Waals surface area (Å²) in [5.41, 5.74) is 3.28. The Hall–Kier alpha value is -2.39. The van der Waals surface area contributed by atoms with Crippen molar-refractivity contribution in [1.29, 1.82) is 0 Å². The van der Waals surface area contributed by atoms with Crippen molar-refractivity contribution in [3.05, 3.63) is 52.6 Å². The average molecular weight is 411 g/mol. The summed E-state index contributed by atoms with van der Waals surface area (Å²) < 4.78 is 54.0. The number of sulfonamides is 2. The van der Waals surface area contributed by atoms with E-state index in [9.17, 15) is 21.6 Å². The van der Waals surface area contributed by atoms with Crippen LogP contribution in [0.3, 0.4) is 0 Å². The van der Waals surface area contributed by atoms with Crippen molar-refractivity contribution in [1.82, 2.24) is 4.72 Å². The van der Waals surface area contributed by atoms with Gasteiger partial charge in [-0.25, -0.2) is 21.6 Å². The number of carbonyl (C=O) groups excluding carboxylic acids is 1. The van der Waals surface area contributed by atoms with Crippen LogP contribution >= 0.6 is 0 Å². The second-order valence-electron chi connectivity index (χ2n) is 6.38. The number of benzene rings is 2. The molecule has 27 heavy (non-hydrogen) atoms. The van der Waals surface area contributed by atoms with E-state index in [0.717, 1.165) is 18.1 Å². The molecule has 0 saturated carbocycles. The van der Waals surface area contributed by atoms with Gasteiger partial charge in [0, 0.05) is 12.6 Å². The largest absolute Gasteiger partial charge is 0.280 e. The molecule has 0 heterocycles. The van der Waals surface area contributed by atoms with E-state index in [2.05, 4.69) is 4.72 Å². The van der Waals surface area contributed by atoms with Gasteiger partial charge in [-0.05, 0) is 74.2 Å². The van der Waals surface area contributed by atoms with Crippen LogP contribution in [0, 0.1) is 27.7 Å². The lowest BCUT2D eigenvalue weighted by molar-refractivity contribution is -0.117. The van der Waals surface area contributed by atoms with Gasteiger partial charge in [0.1, 0.15) is 0 Å². The Morgan fingerprint density at radius 2 is 1.30 bits per heavy atom. The maximum atomic E-state index is 12.9. The van der Waals surface area contributed by atoms with Gasteiger partial charge in [0.05, 0.1) is 9.79 Å². The molecule has 0 spiro atoms. The van der Waals surface area contributed by atoms with E-state index < -0.39 is 26.0 Å². The van der Waals surface area contributed by atoms with E-state index in [-0.39, 0.29) is 15.5 Å². The van der Waals surface area contributed by atoms with E-state index in [4.69, 9.17) is 0 Å². The Morgan fingerprint density at radius 1 is 0.815 bits per heavy atom. The molecule has 0 aliphatic carbocycles. The molecule has 0 fully saturated rings. The fourth-order valence-electron chi connectivity index (χ4n) is 2.74. The molecule has 0 unspecified atom stereocenters. The van der Waals surface area contributed by atoms with E-state index >= 15 is 0 Å². The second-order valence-corrected chi connectivity index (χ2v) is 9.68. The zero-order chi connectivity index (χ0) is 20.6. The number of amides is 1. The molecular weight excluding hydrogens is 388 g/mol. The minimum atomic E-state index is -3.97. The summed E-state index contributed by atoms with van der Waals surface area (Å²) in [6.45, 7) is 8.29. The van der Waals surface area contributed by atoms with Crippen molar-refractivity contribution >= 4 is 31.6 Å². The fourth-order valence-corrected chi connectivity index (χ4v) is 5.41. The highest BCUT2D eigenvalue weighted by atomic mass is 32.2. The second kappa shape index (κ2) is 7.32. The number of nitrogens with one attached hydrogen (secondary N) is 2.